The molecule has 0 aromatic carbocycles. The third-order valence-corrected chi connectivity index (χ3v) is 2.81. The monoisotopic (exact) mass is 209 g/mol. The fraction of sp³-hybridized carbons (Fsp3) is 0.600. The van der Waals surface area contributed by atoms with Crippen molar-refractivity contribution in [3.8, 4) is 0 Å². The summed E-state index contributed by atoms with van der Waals surface area (Å²) >= 11 is 0. The molecule has 0 aliphatic carbocycles. The van der Waals surface area contributed by atoms with Crippen LogP contribution in [0, 0.1) is 0 Å². The van der Waals surface area contributed by atoms with E-state index >= 15 is 0 Å². The van der Waals surface area contributed by atoms with Crippen LogP contribution in [-0.4, -0.2) is 44.8 Å². The maximum absolute atomic E-state index is 12.0. The Bertz CT molecular complexity index is 323. The highest BCUT2D eigenvalue weighted by Gasteiger charge is 2.26. The Balaban J connectivity index is 2.11. The average molecular weight is 209 g/mol. The van der Waals surface area contributed by atoms with Crippen LogP contribution < -0.4 is 0 Å². The van der Waals surface area contributed by atoms with E-state index in [2.05, 4.69) is 4.98 Å². The third kappa shape index (κ3) is 2.02. The van der Waals surface area contributed by atoms with E-state index in [-0.39, 0.29) is 18.7 Å². The quantitative estimate of drug-likeness (QED) is 0.740. The number of aliphatic hydroxyl groups excluding tert-OH is 1. The minimum absolute atomic E-state index is 0.0337. The molecule has 82 valence electrons. The molecule has 1 aromatic rings. The zero-order valence-electron chi connectivity index (χ0n) is 8.54. The summed E-state index contributed by atoms with van der Waals surface area (Å²) in [6.07, 6.45) is 7.68. The van der Waals surface area contributed by atoms with E-state index in [0.29, 0.717) is 0 Å². The lowest BCUT2D eigenvalue weighted by atomic mass is 10.0. The molecule has 1 fully saturated rings. The van der Waals surface area contributed by atoms with Gasteiger partial charge in [0.15, 0.2) is 0 Å². The number of carbonyl (C=O) groups is 1. The van der Waals surface area contributed by atoms with Gasteiger partial charge in [-0.25, -0.2) is 9.78 Å². The van der Waals surface area contributed by atoms with Crippen LogP contribution in [0.3, 0.4) is 0 Å². The normalized spacial score (nSPS) is 21.7. The van der Waals surface area contributed by atoms with Gasteiger partial charge >= 0.3 is 6.03 Å². The SMILES string of the molecule is O=C(N1CCCCC1CO)n1ccnc1. The smallest absolute Gasteiger partial charge is 0.329 e. The second-order valence-corrected chi connectivity index (χ2v) is 3.78. The van der Waals surface area contributed by atoms with E-state index in [1.54, 1.807) is 17.3 Å². The molecule has 0 radical (unpaired) electrons. The minimum atomic E-state index is -0.0914. The Hall–Kier alpha value is -1.36. The van der Waals surface area contributed by atoms with Gasteiger partial charge in [0.05, 0.1) is 12.6 Å². The van der Waals surface area contributed by atoms with E-state index in [9.17, 15) is 9.90 Å². The maximum atomic E-state index is 12.0. The zero-order valence-corrected chi connectivity index (χ0v) is 8.54. The van der Waals surface area contributed by atoms with Crippen LogP contribution in [0.2, 0.25) is 0 Å². The summed E-state index contributed by atoms with van der Waals surface area (Å²) in [4.78, 5) is 17.5. The van der Waals surface area contributed by atoms with Crippen molar-refractivity contribution in [1.82, 2.24) is 14.5 Å². The first-order chi connectivity index (χ1) is 7.33. The Morgan fingerprint density at radius 3 is 3.07 bits per heavy atom. The van der Waals surface area contributed by atoms with E-state index < -0.39 is 0 Å². The van der Waals surface area contributed by atoms with Gasteiger partial charge in [-0.15, -0.1) is 0 Å². The molecule has 1 N–H and O–H groups in total. The van der Waals surface area contributed by atoms with Crippen molar-refractivity contribution < 1.29 is 9.90 Å². The minimum Gasteiger partial charge on any atom is -0.394 e. The summed E-state index contributed by atoms with van der Waals surface area (Å²) in [7, 11) is 0. The highest BCUT2D eigenvalue weighted by molar-refractivity contribution is 5.77. The Kier molecular flexibility index (Phi) is 3.01. The summed E-state index contributed by atoms with van der Waals surface area (Å²) in [6, 6.07) is -0.125. The van der Waals surface area contributed by atoms with Gasteiger partial charge in [-0.05, 0) is 19.3 Å². The first kappa shape index (κ1) is 10.2. The molecule has 0 saturated carbocycles. The lowest BCUT2D eigenvalue weighted by molar-refractivity contribution is 0.109. The number of amides is 1. The van der Waals surface area contributed by atoms with E-state index in [1.807, 2.05) is 0 Å². The Morgan fingerprint density at radius 2 is 2.40 bits per heavy atom. The lowest BCUT2D eigenvalue weighted by Gasteiger charge is -2.34. The van der Waals surface area contributed by atoms with Gasteiger partial charge in [0.25, 0.3) is 0 Å². The summed E-state index contributed by atoms with van der Waals surface area (Å²) in [5, 5.41) is 9.19. The van der Waals surface area contributed by atoms with Gasteiger partial charge in [0.1, 0.15) is 6.33 Å². The first-order valence-electron chi connectivity index (χ1n) is 5.22. The first-order valence-corrected chi connectivity index (χ1v) is 5.22. The summed E-state index contributed by atoms with van der Waals surface area (Å²) in [5.41, 5.74) is 0. The molecule has 1 atom stereocenters. The van der Waals surface area contributed by atoms with Crippen LogP contribution in [0.15, 0.2) is 18.7 Å². The van der Waals surface area contributed by atoms with Crippen LogP contribution in [0.1, 0.15) is 19.3 Å². The lowest BCUT2D eigenvalue weighted by Crippen LogP contribution is -2.47. The van der Waals surface area contributed by atoms with Crippen LogP contribution >= 0.6 is 0 Å². The van der Waals surface area contributed by atoms with E-state index in [0.717, 1.165) is 25.8 Å². The fourth-order valence-electron chi connectivity index (χ4n) is 1.96. The van der Waals surface area contributed by atoms with Crippen molar-refractivity contribution in [2.75, 3.05) is 13.2 Å². The predicted molar refractivity (Wildman–Crippen MR) is 54.5 cm³/mol. The second kappa shape index (κ2) is 4.44. The molecule has 5 heteroatoms. The van der Waals surface area contributed by atoms with Crippen molar-refractivity contribution in [2.45, 2.75) is 25.3 Å². The molecule has 2 heterocycles. The molecule has 1 amide bonds. The van der Waals surface area contributed by atoms with Crippen LogP contribution in [-0.2, 0) is 0 Å². The third-order valence-electron chi connectivity index (χ3n) is 2.81. The van der Waals surface area contributed by atoms with Gasteiger partial charge in [-0.2, -0.15) is 0 Å². The molecular weight excluding hydrogens is 194 g/mol. The molecule has 1 aliphatic heterocycles. The van der Waals surface area contributed by atoms with Crippen molar-refractivity contribution in [1.29, 1.82) is 0 Å². The number of nitrogens with zero attached hydrogens (tertiary/aromatic N) is 3. The number of hydrogen-bond acceptors (Lipinski definition) is 3. The molecule has 1 aromatic heterocycles. The maximum Gasteiger partial charge on any atom is 0.329 e. The number of likely N-dealkylation sites (tertiary alicyclic amines) is 1. The largest absolute Gasteiger partial charge is 0.394 e. The number of carbonyl (C=O) groups excluding carboxylic acids is 1. The van der Waals surface area contributed by atoms with Crippen molar-refractivity contribution in [3.05, 3.63) is 18.7 Å². The van der Waals surface area contributed by atoms with Gasteiger partial charge in [-0.1, -0.05) is 0 Å². The average Bonchev–Trinajstić information content (AvgIpc) is 2.81. The molecular formula is C10H15N3O2. The molecule has 1 aliphatic rings. The molecule has 2 rings (SSSR count). The van der Waals surface area contributed by atoms with E-state index in [1.165, 1.54) is 10.9 Å². The van der Waals surface area contributed by atoms with Gasteiger partial charge in [-0.3, -0.25) is 4.57 Å². The van der Waals surface area contributed by atoms with Gasteiger partial charge in [0, 0.05) is 18.9 Å². The molecule has 1 unspecified atom stereocenters. The molecule has 1 saturated heterocycles. The van der Waals surface area contributed by atoms with Crippen molar-refractivity contribution in [3.63, 3.8) is 0 Å². The summed E-state index contributed by atoms with van der Waals surface area (Å²) in [5.74, 6) is 0. The van der Waals surface area contributed by atoms with Crippen LogP contribution in [0.4, 0.5) is 4.79 Å². The summed E-state index contributed by atoms with van der Waals surface area (Å²) < 4.78 is 1.45. The van der Waals surface area contributed by atoms with Crippen LogP contribution in [0.5, 0.6) is 0 Å². The second-order valence-electron chi connectivity index (χ2n) is 3.78. The topological polar surface area (TPSA) is 58.4 Å². The molecule has 0 spiro atoms. The van der Waals surface area contributed by atoms with Crippen LogP contribution in [0.25, 0.3) is 0 Å². The highest BCUT2D eigenvalue weighted by atomic mass is 16.3. The number of rotatable bonds is 1. The molecule has 5 nitrogen and oxygen atoms in total. The van der Waals surface area contributed by atoms with Crippen molar-refractivity contribution >= 4 is 6.03 Å². The predicted octanol–water partition coefficient (Wildman–Crippen LogP) is 0.698. The summed E-state index contributed by atoms with van der Waals surface area (Å²) in [6.45, 7) is 0.767. The fourth-order valence-corrected chi connectivity index (χ4v) is 1.96. The number of hydrogen-bond donors (Lipinski definition) is 1. The highest BCUT2D eigenvalue weighted by Crippen LogP contribution is 2.17. The number of piperidine rings is 1. The standard InChI is InChI=1S/C10H15N3O2/c14-7-9-3-1-2-5-13(9)10(15)12-6-4-11-8-12/h4,6,8-9,14H,1-3,5,7H2. The molecule has 15 heavy (non-hydrogen) atoms. The van der Waals surface area contributed by atoms with E-state index in [4.69, 9.17) is 0 Å². The Morgan fingerprint density at radius 1 is 1.53 bits per heavy atom. The Labute approximate surface area is 88.3 Å². The number of imidazole rings is 1. The van der Waals surface area contributed by atoms with Gasteiger partial charge < -0.3 is 10.0 Å². The van der Waals surface area contributed by atoms with Gasteiger partial charge in [0.2, 0.25) is 0 Å². The zero-order chi connectivity index (χ0) is 10.7. The molecule has 0 bridgehead atoms. The van der Waals surface area contributed by atoms with Crippen molar-refractivity contribution in [2.24, 2.45) is 0 Å². The number of aliphatic hydroxyl groups is 1. The number of aromatic nitrogens is 2.